The van der Waals surface area contributed by atoms with Crippen molar-refractivity contribution >= 4 is 23.5 Å². The molecule has 2 heterocycles. The minimum absolute atomic E-state index is 0.0944. The van der Waals surface area contributed by atoms with Crippen molar-refractivity contribution in [1.29, 1.82) is 0 Å². The summed E-state index contributed by atoms with van der Waals surface area (Å²) in [7, 11) is 0. The van der Waals surface area contributed by atoms with Crippen LogP contribution in [0.3, 0.4) is 0 Å². The Morgan fingerprint density at radius 2 is 1.84 bits per heavy atom. The molecule has 2 aliphatic rings. The third-order valence-corrected chi connectivity index (χ3v) is 5.80. The number of likely N-dealkylation sites (tertiary alicyclic amines) is 1. The van der Waals surface area contributed by atoms with Gasteiger partial charge in [-0.1, -0.05) is 12.1 Å². The van der Waals surface area contributed by atoms with E-state index in [1.54, 1.807) is 47.1 Å². The lowest BCUT2D eigenvalue weighted by Crippen LogP contribution is -2.41. The van der Waals surface area contributed by atoms with Gasteiger partial charge in [0, 0.05) is 18.7 Å². The first kappa shape index (κ1) is 21.8. The van der Waals surface area contributed by atoms with E-state index in [-0.39, 0.29) is 42.7 Å². The zero-order valence-electron chi connectivity index (χ0n) is 17.9. The minimum atomic E-state index is -0.345. The maximum atomic E-state index is 13.2. The Labute approximate surface area is 185 Å². The maximum absolute atomic E-state index is 13.2. The zero-order chi connectivity index (χ0) is 22.7. The molecule has 0 saturated carbocycles. The molecule has 0 unspecified atom stereocenters. The number of nitrogens with zero attached hydrogens (tertiary/aromatic N) is 2. The molecule has 2 aromatic rings. The van der Waals surface area contributed by atoms with Crippen molar-refractivity contribution in [3.05, 3.63) is 59.4 Å². The standard InChI is InChI=1S/C24H25FN2O5/c1-2-31-24(30)17-9-11-26(12-10-17)23(29)18-5-8-21-20(13-18)27(22(28)15-32-21)14-16-3-6-19(25)7-4-16/h3-8,13,17H,2,9-12,14-15H2,1H3. The smallest absolute Gasteiger partial charge is 0.309 e. The highest BCUT2D eigenvalue weighted by molar-refractivity contribution is 6.01. The highest BCUT2D eigenvalue weighted by Crippen LogP contribution is 2.34. The Hall–Kier alpha value is -3.42. The van der Waals surface area contributed by atoms with Gasteiger partial charge in [0.15, 0.2) is 6.61 Å². The lowest BCUT2D eigenvalue weighted by atomic mass is 9.96. The molecule has 2 aliphatic heterocycles. The number of esters is 1. The fourth-order valence-corrected chi connectivity index (χ4v) is 4.04. The van der Waals surface area contributed by atoms with E-state index in [2.05, 4.69) is 0 Å². The number of rotatable bonds is 5. The van der Waals surface area contributed by atoms with E-state index >= 15 is 0 Å². The number of ether oxygens (including phenoxy) is 2. The number of anilines is 1. The zero-order valence-corrected chi connectivity index (χ0v) is 17.9. The molecule has 0 spiro atoms. The van der Waals surface area contributed by atoms with Gasteiger partial charge in [-0.3, -0.25) is 14.4 Å². The van der Waals surface area contributed by atoms with E-state index in [0.29, 0.717) is 49.5 Å². The van der Waals surface area contributed by atoms with E-state index in [0.717, 1.165) is 5.56 Å². The van der Waals surface area contributed by atoms with Crippen molar-refractivity contribution < 1.29 is 28.2 Å². The number of halogens is 1. The lowest BCUT2D eigenvalue weighted by Gasteiger charge is -2.32. The highest BCUT2D eigenvalue weighted by Gasteiger charge is 2.31. The van der Waals surface area contributed by atoms with Gasteiger partial charge in [-0.25, -0.2) is 4.39 Å². The molecule has 0 aliphatic carbocycles. The first-order valence-corrected chi connectivity index (χ1v) is 10.7. The van der Waals surface area contributed by atoms with Crippen LogP contribution in [0.25, 0.3) is 0 Å². The van der Waals surface area contributed by atoms with E-state index in [1.165, 1.54) is 12.1 Å². The van der Waals surface area contributed by atoms with Crippen molar-refractivity contribution in [2.75, 3.05) is 31.2 Å². The molecule has 0 N–H and O–H groups in total. The molecule has 0 atom stereocenters. The largest absolute Gasteiger partial charge is 0.482 e. The van der Waals surface area contributed by atoms with Crippen LogP contribution in [0.4, 0.5) is 10.1 Å². The molecular formula is C24H25FN2O5. The van der Waals surface area contributed by atoms with Crippen molar-refractivity contribution in [3.8, 4) is 5.75 Å². The molecular weight excluding hydrogens is 415 g/mol. The van der Waals surface area contributed by atoms with Gasteiger partial charge < -0.3 is 19.3 Å². The fourth-order valence-electron chi connectivity index (χ4n) is 4.04. The number of carbonyl (C=O) groups excluding carboxylic acids is 3. The first-order valence-electron chi connectivity index (χ1n) is 10.7. The summed E-state index contributed by atoms with van der Waals surface area (Å²) in [5.74, 6) is -0.608. The van der Waals surface area contributed by atoms with E-state index in [1.807, 2.05) is 0 Å². The van der Waals surface area contributed by atoms with Crippen LogP contribution in [0.15, 0.2) is 42.5 Å². The van der Waals surface area contributed by atoms with Gasteiger partial charge >= 0.3 is 5.97 Å². The van der Waals surface area contributed by atoms with Gasteiger partial charge in [0.2, 0.25) is 0 Å². The Kier molecular flexibility index (Phi) is 6.39. The van der Waals surface area contributed by atoms with Gasteiger partial charge in [-0.05, 0) is 55.7 Å². The number of hydrogen-bond acceptors (Lipinski definition) is 5. The molecule has 2 aromatic carbocycles. The van der Waals surface area contributed by atoms with Crippen molar-refractivity contribution in [1.82, 2.24) is 4.90 Å². The molecule has 8 heteroatoms. The molecule has 0 radical (unpaired) electrons. The summed E-state index contributed by atoms with van der Waals surface area (Å²) in [6, 6.07) is 11.0. The second-order valence-electron chi connectivity index (χ2n) is 7.90. The number of fused-ring (bicyclic) bond motifs is 1. The van der Waals surface area contributed by atoms with Gasteiger partial charge in [0.1, 0.15) is 11.6 Å². The average Bonchev–Trinajstić information content (AvgIpc) is 2.81. The van der Waals surface area contributed by atoms with Crippen LogP contribution in [0.5, 0.6) is 5.75 Å². The Bertz CT molecular complexity index is 1020. The van der Waals surface area contributed by atoms with Crippen LogP contribution in [-0.4, -0.2) is 49.0 Å². The van der Waals surface area contributed by atoms with Crippen LogP contribution in [0, 0.1) is 11.7 Å². The number of carbonyl (C=O) groups is 3. The summed E-state index contributed by atoms with van der Waals surface area (Å²) in [6.07, 6.45) is 1.13. The van der Waals surface area contributed by atoms with Gasteiger partial charge in [0.05, 0.1) is 24.8 Å². The van der Waals surface area contributed by atoms with E-state index < -0.39 is 0 Å². The second-order valence-corrected chi connectivity index (χ2v) is 7.90. The maximum Gasteiger partial charge on any atom is 0.309 e. The molecule has 168 valence electrons. The molecule has 1 saturated heterocycles. The minimum Gasteiger partial charge on any atom is -0.482 e. The third-order valence-electron chi connectivity index (χ3n) is 5.80. The topological polar surface area (TPSA) is 76.2 Å². The van der Waals surface area contributed by atoms with Crippen LogP contribution in [-0.2, 0) is 20.9 Å². The first-order chi connectivity index (χ1) is 15.5. The van der Waals surface area contributed by atoms with Crippen molar-refractivity contribution in [3.63, 3.8) is 0 Å². The Morgan fingerprint density at radius 1 is 1.12 bits per heavy atom. The third kappa shape index (κ3) is 4.59. The van der Waals surface area contributed by atoms with E-state index in [4.69, 9.17) is 9.47 Å². The molecule has 0 bridgehead atoms. The number of hydrogen-bond donors (Lipinski definition) is 0. The van der Waals surface area contributed by atoms with Crippen molar-refractivity contribution in [2.45, 2.75) is 26.3 Å². The van der Waals surface area contributed by atoms with Crippen molar-refractivity contribution in [2.24, 2.45) is 5.92 Å². The molecule has 0 aromatic heterocycles. The second kappa shape index (κ2) is 9.38. The number of benzene rings is 2. The normalized spacial score (nSPS) is 16.4. The van der Waals surface area contributed by atoms with Crippen LogP contribution in [0.1, 0.15) is 35.7 Å². The quantitative estimate of drug-likeness (QED) is 0.668. The summed E-state index contributed by atoms with van der Waals surface area (Å²) in [5.41, 5.74) is 1.73. The SMILES string of the molecule is CCOC(=O)C1CCN(C(=O)c2ccc3c(c2)N(Cc2ccc(F)cc2)C(=O)CO3)CC1. The predicted octanol–water partition coefficient (Wildman–Crippen LogP) is 3.17. The Balaban J connectivity index is 1.50. The lowest BCUT2D eigenvalue weighted by molar-refractivity contribution is -0.149. The summed E-state index contributed by atoms with van der Waals surface area (Å²) in [4.78, 5) is 40.9. The molecule has 2 amide bonds. The predicted molar refractivity (Wildman–Crippen MR) is 115 cm³/mol. The van der Waals surface area contributed by atoms with Crippen LogP contribution >= 0.6 is 0 Å². The summed E-state index contributed by atoms with van der Waals surface area (Å²) < 4.78 is 23.9. The number of piperidine rings is 1. The molecule has 1 fully saturated rings. The summed E-state index contributed by atoms with van der Waals surface area (Å²) in [5, 5.41) is 0. The van der Waals surface area contributed by atoms with Gasteiger partial charge in [-0.2, -0.15) is 0 Å². The fraction of sp³-hybridized carbons (Fsp3) is 0.375. The summed E-state index contributed by atoms with van der Waals surface area (Å²) >= 11 is 0. The average molecular weight is 440 g/mol. The summed E-state index contributed by atoms with van der Waals surface area (Å²) in [6.45, 7) is 3.21. The highest BCUT2D eigenvalue weighted by atomic mass is 19.1. The number of amides is 2. The van der Waals surface area contributed by atoms with Gasteiger partial charge in [-0.15, -0.1) is 0 Å². The van der Waals surface area contributed by atoms with Crippen LogP contribution in [0.2, 0.25) is 0 Å². The Morgan fingerprint density at radius 3 is 2.53 bits per heavy atom. The van der Waals surface area contributed by atoms with E-state index in [9.17, 15) is 18.8 Å². The molecule has 7 nitrogen and oxygen atoms in total. The van der Waals surface area contributed by atoms with Gasteiger partial charge in [0.25, 0.3) is 11.8 Å². The molecule has 32 heavy (non-hydrogen) atoms. The molecule has 4 rings (SSSR count). The van der Waals surface area contributed by atoms with Crippen LogP contribution < -0.4 is 9.64 Å². The monoisotopic (exact) mass is 440 g/mol.